The lowest BCUT2D eigenvalue weighted by Crippen LogP contribution is -2.56. The van der Waals surface area contributed by atoms with Crippen LogP contribution in [0.3, 0.4) is 0 Å². The summed E-state index contributed by atoms with van der Waals surface area (Å²) in [5.74, 6) is -2.26. The molecule has 3 rings (SSSR count). The van der Waals surface area contributed by atoms with Crippen molar-refractivity contribution >= 4 is 17.8 Å². The maximum absolute atomic E-state index is 12.4. The van der Waals surface area contributed by atoms with Crippen LogP contribution in [0.25, 0.3) is 0 Å². The number of aliphatic hydroxyl groups excluding tert-OH is 1. The summed E-state index contributed by atoms with van der Waals surface area (Å²) in [7, 11) is 4.06. The average Bonchev–Trinajstić information content (AvgIpc) is 2.92. The topological polar surface area (TPSA) is 101 Å². The van der Waals surface area contributed by atoms with Crippen LogP contribution in [0.1, 0.15) is 38.5 Å². The van der Waals surface area contributed by atoms with Crippen molar-refractivity contribution in [3.05, 3.63) is 0 Å². The monoisotopic (exact) mass is 437 g/mol. The number of likely N-dealkylation sites (N-methyl/N-ethyl adjacent to an activating group) is 1. The van der Waals surface area contributed by atoms with Gasteiger partial charge < -0.3 is 24.9 Å². The molecule has 0 unspecified atom stereocenters. The molecule has 2 aliphatic heterocycles. The number of amides is 2. The van der Waals surface area contributed by atoms with E-state index in [1.54, 1.807) is 0 Å². The van der Waals surface area contributed by atoms with Gasteiger partial charge >= 0.3 is 12.1 Å². The molecule has 3 fully saturated rings. The molecule has 1 saturated carbocycles. The van der Waals surface area contributed by atoms with E-state index in [9.17, 15) is 27.9 Å². The highest BCUT2D eigenvalue weighted by Gasteiger charge is 2.48. The van der Waals surface area contributed by atoms with Gasteiger partial charge in [0.1, 0.15) is 0 Å². The van der Waals surface area contributed by atoms with Gasteiger partial charge in [0.25, 0.3) is 0 Å². The predicted octanol–water partition coefficient (Wildman–Crippen LogP) is 0.936. The highest BCUT2D eigenvalue weighted by Crippen LogP contribution is 2.40. The number of alkyl halides is 3. The Morgan fingerprint density at radius 3 is 2.13 bits per heavy atom. The lowest BCUT2D eigenvalue weighted by atomic mass is 9.79. The standard InChI is InChI=1S/C17H29N3O3.C2HF3O2/c1-18(2)9-10-20-15(22)3-4-17(20)5-7-19(8-6-17)16(23)13-11-14(21)12-13;3-2(4,5)1(6)7/h13-14,21H,3-12H2,1-2H3;(H,6,7). The number of carbonyl (C=O) groups excluding carboxylic acids is 2. The molecule has 2 saturated heterocycles. The van der Waals surface area contributed by atoms with Crippen LogP contribution in [0.4, 0.5) is 13.2 Å². The Bertz CT molecular complexity index is 642. The van der Waals surface area contributed by atoms with E-state index in [1.807, 2.05) is 19.0 Å². The van der Waals surface area contributed by atoms with Crippen LogP contribution in [0.5, 0.6) is 0 Å². The molecular weight excluding hydrogens is 407 g/mol. The van der Waals surface area contributed by atoms with Crippen LogP contribution in [-0.2, 0) is 14.4 Å². The van der Waals surface area contributed by atoms with Crippen LogP contribution < -0.4 is 0 Å². The fourth-order valence-electron chi connectivity index (χ4n) is 4.25. The van der Waals surface area contributed by atoms with E-state index >= 15 is 0 Å². The van der Waals surface area contributed by atoms with E-state index < -0.39 is 12.1 Å². The van der Waals surface area contributed by atoms with Crippen molar-refractivity contribution in [2.75, 3.05) is 40.3 Å². The number of rotatable bonds is 4. The van der Waals surface area contributed by atoms with Crippen molar-refractivity contribution in [3.8, 4) is 0 Å². The van der Waals surface area contributed by atoms with Crippen molar-refractivity contribution in [1.29, 1.82) is 0 Å². The zero-order valence-corrected chi connectivity index (χ0v) is 17.3. The molecular formula is C19H30F3N3O5. The summed E-state index contributed by atoms with van der Waals surface area (Å²) < 4.78 is 31.7. The Morgan fingerprint density at radius 1 is 1.17 bits per heavy atom. The number of hydrogen-bond donors (Lipinski definition) is 2. The fourth-order valence-corrected chi connectivity index (χ4v) is 4.25. The van der Waals surface area contributed by atoms with E-state index in [-0.39, 0.29) is 29.4 Å². The normalized spacial score (nSPS) is 25.8. The van der Waals surface area contributed by atoms with E-state index in [0.29, 0.717) is 19.3 Å². The Hall–Kier alpha value is -1.88. The summed E-state index contributed by atoms with van der Waals surface area (Å²) in [6.45, 7) is 3.17. The number of nitrogens with zero attached hydrogens (tertiary/aromatic N) is 3. The summed E-state index contributed by atoms with van der Waals surface area (Å²) in [5.41, 5.74) is -0.0248. The van der Waals surface area contributed by atoms with Crippen LogP contribution in [0.2, 0.25) is 0 Å². The van der Waals surface area contributed by atoms with Crippen LogP contribution in [0.15, 0.2) is 0 Å². The van der Waals surface area contributed by atoms with E-state index in [1.165, 1.54) is 0 Å². The van der Waals surface area contributed by atoms with Gasteiger partial charge in [-0.15, -0.1) is 0 Å². The Balaban J connectivity index is 0.000000396. The third kappa shape index (κ3) is 5.84. The molecule has 0 aromatic rings. The summed E-state index contributed by atoms with van der Waals surface area (Å²) in [5, 5.41) is 16.5. The minimum absolute atomic E-state index is 0.0223. The second-order valence-corrected chi connectivity index (χ2v) is 8.52. The molecule has 1 aliphatic carbocycles. The Morgan fingerprint density at radius 2 is 1.70 bits per heavy atom. The van der Waals surface area contributed by atoms with E-state index in [4.69, 9.17) is 9.90 Å². The van der Waals surface area contributed by atoms with Crippen LogP contribution >= 0.6 is 0 Å². The van der Waals surface area contributed by atoms with Gasteiger partial charge in [-0.3, -0.25) is 9.59 Å². The third-order valence-electron chi connectivity index (χ3n) is 6.16. The van der Waals surface area contributed by atoms with E-state index in [2.05, 4.69) is 9.80 Å². The van der Waals surface area contributed by atoms with Gasteiger partial charge in [0, 0.05) is 44.1 Å². The van der Waals surface area contributed by atoms with Gasteiger partial charge in [-0.2, -0.15) is 13.2 Å². The second kappa shape index (κ2) is 9.51. The number of halogens is 3. The maximum Gasteiger partial charge on any atom is 0.490 e. The van der Waals surface area contributed by atoms with Crippen molar-refractivity contribution in [1.82, 2.24) is 14.7 Å². The smallest absolute Gasteiger partial charge is 0.475 e. The first-order valence-electron chi connectivity index (χ1n) is 10.1. The van der Waals surface area contributed by atoms with Gasteiger partial charge in [-0.25, -0.2) is 4.79 Å². The number of aliphatic carboxylic acids is 1. The Kier molecular flexibility index (Phi) is 7.73. The SMILES string of the molecule is CN(C)CCN1C(=O)CCC12CCN(C(=O)C1CC(O)C1)CC2.O=C(O)C(F)(F)F. The first-order valence-corrected chi connectivity index (χ1v) is 10.1. The summed E-state index contributed by atoms with van der Waals surface area (Å²) in [6, 6.07) is 0. The minimum Gasteiger partial charge on any atom is -0.475 e. The summed E-state index contributed by atoms with van der Waals surface area (Å²) in [6.07, 6.45) is -0.754. The van der Waals surface area contributed by atoms with Gasteiger partial charge in [0.2, 0.25) is 11.8 Å². The van der Waals surface area contributed by atoms with Crippen molar-refractivity contribution in [3.63, 3.8) is 0 Å². The third-order valence-corrected chi connectivity index (χ3v) is 6.16. The second-order valence-electron chi connectivity index (χ2n) is 8.52. The summed E-state index contributed by atoms with van der Waals surface area (Å²) >= 11 is 0. The molecule has 8 nitrogen and oxygen atoms in total. The number of carboxylic acid groups (broad SMARTS) is 1. The van der Waals surface area contributed by atoms with Gasteiger partial charge in [0.15, 0.2) is 0 Å². The quantitative estimate of drug-likeness (QED) is 0.679. The Labute approximate surface area is 173 Å². The maximum atomic E-state index is 12.4. The molecule has 0 bridgehead atoms. The number of piperidine rings is 1. The molecule has 11 heteroatoms. The molecule has 30 heavy (non-hydrogen) atoms. The molecule has 3 aliphatic rings. The minimum atomic E-state index is -5.08. The van der Waals surface area contributed by atoms with Crippen LogP contribution in [-0.4, -0.2) is 101 Å². The highest BCUT2D eigenvalue weighted by molar-refractivity contribution is 5.81. The lowest BCUT2D eigenvalue weighted by molar-refractivity contribution is -0.192. The lowest BCUT2D eigenvalue weighted by Gasteiger charge is -2.46. The molecule has 2 heterocycles. The van der Waals surface area contributed by atoms with Gasteiger partial charge in [-0.05, 0) is 46.2 Å². The number of hydrogen-bond acceptors (Lipinski definition) is 5. The zero-order chi connectivity index (χ0) is 22.7. The molecule has 2 N–H and O–H groups in total. The number of carboxylic acids is 1. The van der Waals surface area contributed by atoms with Crippen LogP contribution in [0, 0.1) is 5.92 Å². The molecule has 0 atom stereocenters. The van der Waals surface area contributed by atoms with E-state index in [0.717, 1.165) is 45.4 Å². The predicted molar refractivity (Wildman–Crippen MR) is 100 cm³/mol. The molecule has 2 amide bonds. The molecule has 0 radical (unpaired) electrons. The first kappa shape index (κ1) is 24.4. The van der Waals surface area contributed by atoms with Crippen molar-refractivity contribution < 1.29 is 37.8 Å². The van der Waals surface area contributed by atoms with Crippen molar-refractivity contribution in [2.45, 2.75) is 56.3 Å². The first-order chi connectivity index (χ1) is 13.9. The number of likely N-dealkylation sites (tertiary alicyclic amines) is 2. The average molecular weight is 437 g/mol. The molecule has 1 spiro atoms. The zero-order valence-electron chi connectivity index (χ0n) is 17.3. The molecule has 172 valence electrons. The highest BCUT2D eigenvalue weighted by atomic mass is 19.4. The molecule has 0 aromatic heterocycles. The number of carbonyl (C=O) groups is 3. The molecule has 0 aromatic carbocycles. The van der Waals surface area contributed by atoms with Crippen molar-refractivity contribution in [2.24, 2.45) is 5.92 Å². The summed E-state index contributed by atoms with van der Waals surface area (Å²) in [4.78, 5) is 39.7. The fraction of sp³-hybridized carbons (Fsp3) is 0.842. The largest absolute Gasteiger partial charge is 0.490 e. The van der Waals surface area contributed by atoms with Gasteiger partial charge in [0.05, 0.1) is 6.10 Å². The van der Waals surface area contributed by atoms with Gasteiger partial charge in [-0.1, -0.05) is 0 Å². The number of aliphatic hydroxyl groups is 1.